The molecule has 0 aliphatic carbocycles. The van der Waals surface area contributed by atoms with E-state index in [9.17, 15) is 9.59 Å². The first kappa shape index (κ1) is 14.3. The molecule has 0 spiro atoms. The van der Waals surface area contributed by atoms with Crippen molar-refractivity contribution in [1.82, 2.24) is 5.32 Å². The summed E-state index contributed by atoms with van der Waals surface area (Å²) < 4.78 is 4.64. The predicted octanol–water partition coefficient (Wildman–Crippen LogP) is 0.493. The van der Waals surface area contributed by atoms with Crippen LogP contribution in [-0.4, -0.2) is 37.6 Å². The van der Waals surface area contributed by atoms with Crippen LogP contribution in [0.15, 0.2) is 24.3 Å². The Kier molecular flexibility index (Phi) is 4.24. The fourth-order valence-corrected chi connectivity index (χ4v) is 2.37. The van der Waals surface area contributed by atoms with Gasteiger partial charge in [0.05, 0.1) is 12.7 Å². The third-order valence-corrected chi connectivity index (χ3v) is 3.62. The summed E-state index contributed by atoms with van der Waals surface area (Å²) in [4.78, 5) is 23.1. The van der Waals surface area contributed by atoms with Gasteiger partial charge in [-0.25, -0.2) is 4.79 Å². The van der Waals surface area contributed by atoms with E-state index in [4.69, 9.17) is 5.73 Å². The van der Waals surface area contributed by atoms with Crippen LogP contribution in [0.3, 0.4) is 0 Å². The third-order valence-electron chi connectivity index (χ3n) is 3.62. The highest BCUT2D eigenvalue weighted by Gasteiger charge is 2.37. The van der Waals surface area contributed by atoms with E-state index >= 15 is 0 Å². The van der Waals surface area contributed by atoms with Crippen LogP contribution in [0.4, 0.5) is 5.69 Å². The lowest BCUT2D eigenvalue weighted by atomic mass is 9.87. The number of benzene rings is 1. The van der Waals surface area contributed by atoms with Gasteiger partial charge in [-0.05, 0) is 50.2 Å². The van der Waals surface area contributed by atoms with Crippen molar-refractivity contribution in [2.75, 3.05) is 25.5 Å². The number of hydrogen-bond donors (Lipinski definition) is 3. The Morgan fingerprint density at radius 2 is 1.85 bits per heavy atom. The summed E-state index contributed by atoms with van der Waals surface area (Å²) in [5.41, 5.74) is 6.05. The third kappa shape index (κ3) is 2.91. The molecule has 1 fully saturated rings. The first-order valence-corrected chi connectivity index (χ1v) is 6.54. The number of anilines is 1. The quantitative estimate of drug-likeness (QED) is 0.697. The van der Waals surface area contributed by atoms with Crippen molar-refractivity contribution in [1.29, 1.82) is 0 Å². The summed E-state index contributed by atoms with van der Waals surface area (Å²) in [5.74, 6) is -0.737. The molecule has 1 aromatic rings. The number of nitrogens with two attached hydrogens (primary N) is 1. The SMILES string of the molecule is COC(=O)c1ccc(NC2(C(N)=O)CCNCC2)cc1. The number of methoxy groups -OCH3 is 1. The van der Waals surface area contributed by atoms with Crippen LogP contribution in [-0.2, 0) is 9.53 Å². The zero-order valence-corrected chi connectivity index (χ0v) is 11.4. The first-order valence-electron chi connectivity index (χ1n) is 6.54. The molecule has 0 radical (unpaired) electrons. The van der Waals surface area contributed by atoms with Crippen molar-refractivity contribution in [3.8, 4) is 0 Å². The first-order chi connectivity index (χ1) is 9.57. The summed E-state index contributed by atoms with van der Waals surface area (Å²) >= 11 is 0. The second-order valence-corrected chi connectivity index (χ2v) is 4.89. The van der Waals surface area contributed by atoms with E-state index in [0.29, 0.717) is 18.4 Å². The van der Waals surface area contributed by atoms with E-state index in [2.05, 4.69) is 15.4 Å². The van der Waals surface area contributed by atoms with Crippen LogP contribution in [0.5, 0.6) is 0 Å². The van der Waals surface area contributed by atoms with Gasteiger partial charge in [-0.15, -0.1) is 0 Å². The zero-order valence-electron chi connectivity index (χ0n) is 11.4. The van der Waals surface area contributed by atoms with Gasteiger partial charge in [-0.1, -0.05) is 0 Å². The Morgan fingerprint density at radius 1 is 1.25 bits per heavy atom. The van der Waals surface area contributed by atoms with Gasteiger partial charge in [0.2, 0.25) is 5.91 Å². The Balaban J connectivity index is 2.15. The molecule has 1 aliphatic rings. The number of ether oxygens (including phenoxy) is 1. The normalized spacial score (nSPS) is 17.2. The maximum absolute atomic E-state index is 11.8. The molecule has 0 atom stereocenters. The van der Waals surface area contributed by atoms with Crippen molar-refractivity contribution in [3.05, 3.63) is 29.8 Å². The average Bonchev–Trinajstić information content (AvgIpc) is 2.48. The number of primary amides is 1. The second kappa shape index (κ2) is 5.92. The fourth-order valence-electron chi connectivity index (χ4n) is 2.37. The summed E-state index contributed by atoms with van der Waals surface area (Å²) in [6.07, 6.45) is 1.28. The molecule has 1 heterocycles. The maximum atomic E-state index is 11.8. The Labute approximate surface area is 117 Å². The van der Waals surface area contributed by atoms with Gasteiger partial charge in [-0.3, -0.25) is 4.79 Å². The Hall–Kier alpha value is -2.08. The summed E-state index contributed by atoms with van der Waals surface area (Å²) in [5, 5.41) is 6.41. The lowest BCUT2D eigenvalue weighted by Crippen LogP contribution is -2.56. The van der Waals surface area contributed by atoms with Crippen LogP contribution in [0.1, 0.15) is 23.2 Å². The minimum Gasteiger partial charge on any atom is -0.465 e. The molecule has 2 rings (SSSR count). The molecule has 1 aliphatic heterocycles. The van der Waals surface area contributed by atoms with Crippen LogP contribution >= 0.6 is 0 Å². The van der Waals surface area contributed by atoms with E-state index < -0.39 is 5.54 Å². The molecule has 1 aromatic carbocycles. The molecule has 0 aromatic heterocycles. The molecule has 0 bridgehead atoms. The second-order valence-electron chi connectivity index (χ2n) is 4.89. The van der Waals surface area contributed by atoms with Gasteiger partial charge in [0.1, 0.15) is 5.54 Å². The monoisotopic (exact) mass is 277 g/mol. The van der Waals surface area contributed by atoms with E-state index in [0.717, 1.165) is 18.8 Å². The molecule has 0 unspecified atom stereocenters. The van der Waals surface area contributed by atoms with Gasteiger partial charge in [0.25, 0.3) is 0 Å². The molecule has 0 saturated carbocycles. The topological polar surface area (TPSA) is 93.4 Å². The number of piperidine rings is 1. The molecular formula is C14H19N3O3. The summed E-state index contributed by atoms with van der Waals surface area (Å²) in [6, 6.07) is 6.81. The molecule has 1 saturated heterocycles. The number of esters is 1. The van der Waals surface area contributed by atoms with Crippen molar-refractivity contribution in [2.24, 2.45) is 5.73 Å². The summed E-state index contributed by atoms with van der Waals surface area (Å²) in [6.45, 7) is 1.49. The lowest BCUT2D eigenvalue weighted by Gasteiger charge is -2.36. The average molecular weight is 277 g/mol. The van der Waals surface area contributed by atoms with E-state index in [1.807, 2.05) is 0 Å². The number of hydrogen-bond acceptors (Lipinski definition) is 5. The van der Waals surface area contributed by atoms with E-state index in [-0.39, 0.29) is 11.9 Å². The molecule has 1 amide bonds. The number of amides is 1. The van der Waals surface area contributed by atoms with Gasteiger partial charge in [0.15, 0.2) is 0 Å². The minimum absolute atomic E-state index is 0.351. The highest BCUT2D eigenvalue weighted by molar-refractivity contribution is 5.90. The van der Waals surface area contributed by atoms with Gasteiger partial charge >= 0.3 is 5.97 Å². The minimum atomic E-state index is -0.724. The molecule has 20 heavy (non-hydrogen) atoms. The van der Waals surface area contributed by atoms with Gasteiger partial charge in [0, 0.05) is 5.69 Å². The molecular weight excluding hydrogens is 258 g/mol. The van der Waals surface area contributed by atoms with Crippen LogP contribution in [0.2, 0.25) is 0 Å². The maximum Gasteiger partial charge on any atom is 0.337 e. The van der Waals surface area contributed by atoms with Gasteiger partial charge < -0.3 is 21.1 Å². The van der Waals surface area contributed by atoms with Crippen molar-refractivity contribution < 1.29 is 14.3 Å². The van der Waals surface area contributed by atoms with Crippen LogP contribution in [0, 0.1) is 0 Å². The molecule has 6 heteroatoms. The lowest BCUT2D eigenvalue weighted by molar-refractivity contribution is -0.123. The number of carbonyl (C=O) groups excluding carboxylic acids is 2. The Bertz CT molecular complexity index is 493. The zero-order chi connectivity index (χ0) is 14.6. The van der Waals surface area contributed by atoms with Crippen molar-refractivity contribution in [3.63, 3.8) is 0 Å². The Morgan fingerprint density at radius 3 is 2.35 bits per heavy atom. The summed E-state index contributed by atoms with van der Waals surface area (Å²) in [7, 11) is 1.34. The van der Waals surface area contributed by atoms with Gasteiger partial charge in [-0.2, -0.15) is 0 Å². The molecule has 108 valence electrons. The fraction of sp³-hybridized carbons (Fsp3) is 0.429. The standard InChI is InChI=1S/C14H19N3O3/c1-20-12(18)10-2-4-11(5-3-10)17-14(13(15)19)6-8-16-9-7-14/h2-5,16-17H,6-9H2,1H3,(H2,15,19). The smallest absolute Gasteiger partial charge is 0.337 e. The van der Waals surface area contributed by atoms with E-state index in [1.54, 1.807) is 24.3 Å². The highest BCUT2D eigenvalue weighted by atomic mass is 16.5. The molecule has 6 nitrogen and oxygen atoms in total. The predicted molar refractivity (Wildman–Crippen MR) is 75.4 cm³/mol. The number of carbonyl (C=O) groups is 2. The van der Waals surface area contributed by atoms with E-state index in [1.165, 1.54) is 7.11 Å². The van der Waals surface area contributed by atoms with Crippen LogP contribution < -0.4 is 16.4 Å². The number of nitrogens with one attached hydrogen (secondary N) is 2. The van der Waals surface area contributed by atoms with Crippen LogP contribution in [0.25, 0.3) is 0 Å². The van der Waals surface area contributed by atoms with Crippen molar-refractivity contribution in [2.45, 2.75) is 18.4 Å². The highest BCUT2D eigenvalue weighted by Crippen LogP contribution is 2.24. The number of rotatable bonds is 4. The van der Waals surface area contributed by atoms with Crippen molar-refractivity contribution >= 4 is 17.6 Å². The largest absolute Gasteiger partial charge is 0.465 e. The molecule has 4 N–H and O–H groups in total.